The zero-order valence-electron chi connectivity index (χ0n) is 13.4. The Kier molecular flexibility index (Phi) is 6.88. The minimum atomic E-state index is 0. The number of benzene rings is 1. The Morgan fingerprint density at radius 1 is 1.30 bits per heavy atom. The summed E-state index contributed by atoms with van der Waals surface area (Å²) >= 11 is 0. The second-order valence-electron chi connectivity index (χ2n) is 5.57. The standard InChI is InChI=1S/C17H23N5.HI/c1-2-18-17(21-15-8-9-15)20-12-16-19-10-11-22(16)13-14-6-4-3-5-7-14;/h3-7,10-11,15H,2,8-9,12-13H2,1H3,(H2,18,20,21);1H. The van der Waals surface area contributed by atoms with E-state index in [1.165, 1.54) is 18.4 Å². The van der Waals surface area contributed by atoms with Crippen LogP contribution in [0.4, 0.5) is 0 Å². The van der Waals surface area contributed by atoms with Crippen molar-refractivity contribution in [3.05, 3.63) is 54.1 Å². The van der Waals surface area contributed by atoms with E-state index in [4.69, 9.17) is 0 Å². The Bertz CT molecular complexity index is 619. The zero-order valence-corrected chi connectivity index (χ0v) is 15.7. The lowest BCUT2D eigenvalue weighted by Gasteiger charge is -2.11. The molecular formula is C17H24IN5. The van der Waals surface area contributed by atoms with Crippen LogP contribution in [0.5, 0.6) is 0 Å². The van der Waals surface area contributed by atoms with Gasteiger partial charge < -0.3 is 15.2 Å². The molecule has 2 N–H and O–H groups in total. The summed E-state index contributed by atoms with van der Waals surface area (Å²) in [5, 5.41) is 6.71. The smallest absolute Gasteiger partial charge is 0.191 e. The monoisotopic (exact) mass is 425 g/mol. The third-order valence-electron chi connectivity index (χ3n) is 3.64. The van der Waals surface area contributed by atoms with Gasteiger partial charge in [-0.05, 0) is 25.3 Å². The lowest BCUT2D eigenvalue weighted by Crippen LogP contribution is -2.38. The van der Waals surface area contributed by atoms with E-state index in [9.17, 15) is 0 Å². The van der Waals surface area contributed by atoms with Crippen molar-refractivity contribution in [2.45, 2.75) is 38.9 Å². The molecule has 2 aromatic rings. The number of nitrogens with one attached hydrogen (secondary N) is 2. The van der Waals surface area contributed by atoms with Crippen LogP contribution in [-0.4, -0.2) is 28.1 Å². The van der Waals surface area contributed by atoms with Gasteiger partial charge in [-0.15, -0.1) is 24.0 Å². The van der Waals surface area contributed by atoms with Crippen molar-refractivity contribution in [1.29, 1.82) is 0 Å². The fourth-order valence-corrected chi connectivity index (χ4v) is 2.31. The Morgan fingerprint density at radius 3 is 2.78 bits per heavy atom. The molecule has 0 saturated heterocycles. The van der Waals surface area contributed by atoms with Crippen LogP contribution in [0.2, 0.25) is 0 Å². The average molecular weight is 425 g/mol. The molecule has 3 rings (SSSR count). The average Bonchev–Trinajstić information content (AvgIpc) is 3.25. The van der Waals surface area contributed by atoms with Crippen LogP contribution >= 0.6 is 24.0 Å². The highest BCUT2D eigenvalue weighted by Crippen LogP contribution is 2.18. The lowest BCUT2D eigenvalue weighted by molar-refractivity contribution is 0.716. The van der Waals surface area contributed by atoms with Gasteiger partial charge in [-0.2, -0.15) is 0 Å². The van der Waals surface area contributed by atoms with Gasteiger partial charge >= 0.3 is 0 Å². The number of hydrogen-bond donors (Lipinski definition) is 2. The second-order valence-corrected chi connectivity index (χ2v) is 5.57. The molecule has 0 spiro atoms. The van der Waals surface area contributed by atoms with E-state index in [1.807, 2.05) is 18.5 Å². The number of imidazole rings is 1. The molecule has 23 heavy (non-hydrogen) atoms. The first kappa shape index (κ1) is 17.8. The molecule has 0 aliphatic heterocycles. The quantitative estimate of drug-likeness (QED) is 0.425. The lowest BCUT2D eigenvalue weighted by atomic mass is 10.2. The number of guanidine groups is 1. The first-order valence-corrected chi connectivity index (χ1v) is 7.94. The summed E-state index contributed by atoms with van der Waals surface area (Å²) in [6.07, 6.45) is 6.34. The van der Waals surface area contributed by atoms with Gasteiger partial charge in [0.25, 0.3) is 0 Å². The maximum atomic E-state index is 4.65. The fourth-order valence-electron chi connectivity index (χ4n) is 2.31. The number of rotatable bonds is 6. The summed E-state index contributed by atoms with van der Waals surface area (Å²) in [5.74, 6) is 1.87. The molecule has 0 radical (unpaired) electrons. The van der Waals surface area contributed by atoms with E-state index in [1.54, 1.807) is 0 Å². The molecule has 1 fully saturated rings. The zero-order chi connectivity index (χ0) is 15.2. The molecule has 1 aliphatic carbocycles. The van der Waals surface area contributed by atoms with Gasteiger partial charge in [0.2, 0.25) is 0 Å². The number of halogens is 1. The van der Waals surface area contributed by atoms with Crippen molar-refractivity contribution in [2.75, 3.05) is 6.54 Å². The molecule has 6 heteroatoms. The van der Waals surface area contributed by atoms with Gasteiger partial charge in [-0.25, -0.2) is 9.98 Å². The van der Waals surface area contributed by atoms with Crippen LogP contribution in [0.3, 0.4) is 0 Å². The minimum absolute atomic E-state index is 0. The van der Waals surface area contributed by atoms with Crippen molar-refractivity contribution in [1.82, 2.24) is 20.2 Å². The van der Waals surface area contributed by atoms with E-state index >= 15 is 0 Å². The summed E-state index contributed by atoms with van der Waals surface area (Å²) in [6.45, 7) is 4.37. The Balaban J connectivity index is 0.00000192. The van der Waals surface area contributed by atoms with Crippen molar-refractivity contribution >= 4 is 29.9 Å². The van der Waals surface area contributed by atoms with Crippen LogP contribution in [0.15, 0.2) is 47.7 Å². The van der Waals surface area contributed by atoms with E-state index in [0.29, 0.717) is 12.6 Å². The topological polar surface area (TPSA) is 54.2 Å². The highest BCUT2D eigenvalue weighted by molar-refractivity contribution is 14.0. The van der Waals surface area contributed by atoms with Crippen LogP contribution in [0, 0.1) is 0 Å². The van der Waals surface area contributed by atoms with E-state index < -0.39 is 0 Å². The maximum absolute atomic E-state index is 4.65. The Labute approximate surface area is 154 Å². The highest BCUT2D eigenvalue weighted by atomic mass is 127. The molecule has 0 amide bonds. The van der Waals surface area contributed by atoms with Gasteiger partial charge in [0, 0.05) is 31.5 Å². The molecular weight excluding hydrogens is 401 g/mol. The normalized spacial score (nSPS) is 14.2. The number of aromatic nitrogens is 2. The van der Waals surface area contributed by atoms with Gasteiger partial charge in [0.1, 0.15) is 12.4 Å². The van der Waals surface area contributed by atoms with Gasteiger partial charge in [-0.3, -0.25) is 0 Å². The molecule has 1 aromatic heterocycles. The van der Waals surface area contributed by atoms with E-state index in [-0.39, 0.29) is 24.0 Å². The molecule has 1 saturated carbocycles. The number of hydrogen-bond acceptors (Lipinski definition) is 2. The summed E-state index contributed by atoms with van der Waals surface area (Å²) < 4.78 is 2.15. The largest absolute Gasteiger partial charge is 0.357 e. The number of aliphatic imine (C=N–C) groups is 1. The van der Waals surface area contributed by atoms with Gasteiger partial charge in [-0.1, -0.05) is 30.3 Å². The summed E-state index contributed by atoms with van der Waals surface area (Å²) in [7, 11) is 0. The third kappa shape index (κ3) is 5.53. The summed E-state index contributed by atoms with van der Waals surface area (Å²) in [4.78, 5) is 9.09. The molecule has 1 aliphatic rings. The minimum Gasteiger partial charge on any atom is -0.357 e. The SMILES string of the molecule is CCNC(=NCc1nccn1Cc1ccccc1)NC1CC1.I. The molecule has 5 nitrogen and oxygen atoms in total. The van der Waals surface area contributed by atoms with Crippen molar-refractivity contribution in [2.24, 2.45) is 4.99 Å². The Hall–Kier alpha value is -1.57. The fraction of sp³-hybridized carbons (Fsp3) is 0.412. The molecule has 1 heterocycles. The van der Waals surface area contributed by atoms with Gasteiger partial charge in [0.15, 0.2) is 5.96 Å². The van der Waals surface area contributed by atoms with Crippen LogP contribution in [0.25, 0.3) is 0 Å². The van der Waals surface area contributed by atoms with E-state index in [2.05, 4.69) is 56.4 Å². The van der Waals surface area contributed by atoms with Crippen LogP contribution < -0.4 is 10.6 Å². The highest BCUT2D eigenvalue weighted by Gasteiger charge is 2.22. The molecule has 0 atom stereocenters. The summed E-state index contributed by atoms with van der Waals surface area (Å²) in [6, 6.07) is 11.0. The summed E-state index contributed by atoms with van der Waals surface area (Å²) in [5.41, 5.74) is 1.27. The maximum Gasteiger partial charge on any atom is 0.191 e. The first-order chi connectivity index (χ1) is 10.8. The first-order valence-electron chi connectivity index (χ1n) is 7.94. The van der Waals surface area contributed by atoms with Crippen LogP contribution in [0.1, 0.15) is 31.2 Å². The van der Waals surface area contributed by atoms with E-state index in [0.717, 1.165) is 24.9 Å². The van der Waals surface area contributed by atoms with Crippen molar-refractivity contribution < 1.29 is 0 Å². The third-order valence-corrected chi connectivity index (χ3v) is 3.64. The van der Waals surface area contributed by atoms with Gasteiger partial charge in [0.05, 0.1) is 0 Å². The molecule has 0 unspecified atom stereocenters. The number of nitrogens with zero attached hydrogens (tertiary/aromatic N) is 3. The molecule has 1 aromatic carbocycles. The van der Waals surface area contributed by atoms with Crippen molar-refractivity contribution in [3.63, 3.8) is 0 Å². The molecule has 0 bridgehead atoms. The predicted octanol–water partition coefficient (Wildman–Crippen LogP) is 2.77. The predicted molar refractivity (Wildman–Crippen MR) is 104 cm³/mol. The Morgan fingerprint density at radius 2 is 2.09 bits per heavy atom. The van der Waals surface area contributed by atoms with Crippen molar-refractivity contribution in [3.8, 4) is 0 Å². The molecule has 124 valence electrons. The second kappa shape index (κ2) is 8.90. The van der Waals surface area contributed by atoms with Crippen LogP contribution in [-0.2, 0) is 13.1 Å².